The first kappa shape index (κ1) is 8.99. The summed E-state index contributed by atoms with van der Waals surface area (Å²) in [6, 6.07) is 0. The highest BCUT2D eigenvalue weighted by Crippen LogP contribution is 2.12. The third kappa shape index (κ3) is 2.20. The molecule has 1 aliphatic rings. The Labute approximate surface area is 70.0 Å². The van der Waals surface area contributed by atoms with E-state index in [0.29, 0.717) is 19.4 Å². The highest BCUT2D eigenvalue weighted by molar-refractivity contribution is 6.35. The van der Waals surface area contributed by atoms with E-state index < -0.39 is 5.97 Å². The van der Waals surface area contributed by atoms with E-state index in [2.05, 4.69) is 5.16 Å². The third-order valence-corrected chi connectivity index (χ3v) is 1.50. The molecule has 0 saturated carbocycles. The Hall–Kier alpha value is -1.10. The van der Waals surface area contributed by atoms with Crippen LogP contribution in [0.4, 0.5) is 0 Å². The summed E-state index contributed by atoms with van der Waals surface area (Å²) in [5, 5.41) is 11.9. The summed E-state index contributed by atoms with van der Waals surface area (Å²) < 4.78 is 5.09. The minimum absolute atomic E-state index is 0.0611. The van der Waals surface area contributed by atoms with Crippen LogP contribution in [-0.4, -0.2) is 29.7 Å². The van der Waals surface area contributed by atoms with Gasteiger partial charge >= 0.3 is 5.97 Å². The van der Waals surface area contributed by atoms with Crippen LogP contribution in [0, 0.1) is 0 Å². The van der Waals surface area contributed by atoms with Gasteiger partial charge in [-0.25, -0.2) is 4.79 Å². The molecule has 0 amide bonds. The molecule has 1 rings (SSSR count). The molecule has 1 atom stereocenters. The van der Waals surface area contributed by atoms with Gasteiger partial charge in [-0.05, 0) is 6.92 Å². The number of rotatable bonds is 3. The molecule has 5 heteroatoms. The Kier molecular flexibility index (Phi) is 3.04. The molecule has 12 heavy (non-hydrogen) atoms. The van der Waals surface area contributed by atoms with E-state index in [1.54, 1.807) is 0 Å². The molecular formula is C7H11NO4. The van der Waals surface area contributed by atoms with Gasteiger partial charge in [0.05, 0.1) is 0 Å². The number of aliphatic carboxylic acids is 1. The molecule has 5 nitrogen and oxygen atoms in total. The van der Waals surface area contributed by atoms with Crippen molar-refractivity contribution >= 4 is 11.7 Å². The third-order valence-electron chi connectivity index (χ3n) is 1.50. The number of hydrogen-bond donors (Lipinski definition) is 1. The van der Waals surface area contributed by atoms with E-state index >= 15 is 0 Å². The SMILES string of the molecule is CCOC1CCC(C(=O)O)=NO1. The monoisotopic (exact) mass is 173 g/mol. The van der Waals surface area contributed by atoms with Gasteiger partial charge in [0.1, 0.15) is 0 Å². The van der Waals surface area contributed by atoms with Crippen LogP contribution >= 0.6 is 0 Å². The van der Waals surface area contributed by atoms with Crippen LogP contribution in [0.5, 0.6) is 0 Å². The molecule has 0 aromatic rings. The fourth-order valence-electron chi connectivity index (χ4n) is 0.921. The van der Waals surface area contributed by atoms with Crippen LogP contribution in [0.3, 0.4) is 0 Å². The molecule has 0 aromatic carbocycles. The standard InChI is InChI=1S/C7H11NO4/c1-2-11-6-4-3-5(7(9)10)8-12-6/h6H,2-4H2,1H3,(H,9,10). The second-order valence-corrected chi connectivity index (χ2v) is 2.37. The molecule has 0 fully saturated rings. The van der Waals surface area contributed by atoms with Crippen molar-refractivity contribution in [3.05, 3.63) is 0 Å². The summed E-state index contributed by atoms with van der Waals surface area (Å²) in [7, 11) is 0. The molecule has 1 heterocycles. The van der Waals surface area contributed by atoms with Gasteiger partial charge in [0.25, 0.3) is 0 Å². The lowest BCUT2D eigenvalue weighted by molar-refractivity contribution is -0.150. The van der Waals surface area contributed by atoms with Gasteiger partial charge in [0, 0.05) is 19.4 Å². The fourth-order valence-corrected chi connectivity index (χ4v) is 0.921. The Morgan fingerprint density at radius 1 is 1.92 bits per heavy atom. The second-order valence-electron chi connectivity index (χ2n) is 2.37. The quantitative estimate of drug-likeness (QED) is 0.678. The van der Waals surface area contributed by atoms with Gasteiger partial charge in [-0.15, -0.1) is 0 Å². The number of ether oxygens (including phenoxy) is 1. The normalized spacial score (nSPS) is 22.8. The van der Waals surface area contributed by atoms with E-state index in [4.69, 9.17) is 14.7 Å². The Morgan fingerprint density at radius 2 is 2.67 bits per heavy atom. The Morgan fingerprint density at radius 3 is 3.08 bits per heavy atom. The number of carbonyl (C=O) groups is 1. The van der Waals surface area contributed by atoms with E-state index in [1.807, 2.05) is 6.92 Å². The maximum Gasteiger partial charge on any atom is 0.353 e. The largest absolute Gasteiger partial charge is 0.477 e. The maximum atomic E-state index is 10.4. The lowest BCUT2D eigenvalue weighted by atomic mass is 10.2. The van der Waals surface area contributed by atoms with Crippen LogP contribution in [-0.2, 0) is 14.4 Å². The van der Waals surface area contributed by atoms with E-state index in [-0.39, 0.29) is 12.0 Å². The summed E-state index contributed by atoms with van der Waals surface area (Å²) in [4.78, 5) is 15.1. The smallest absolute Gasteiger partial charge is 0.353 e. The molecular weight excluding hydrogens is 162 g/mol. The molecule has 1 N–H and O–H groups in total. The molecule has 1 aliphatic heterocycles. The minimum atomic E-state index is -1.02. The topological polar surface area (TPSA) is 68.1 Å². The minimum Gasteiger partial charge on any atom is -0.477 e. The molecule has 0 spiro atoms. The molecule has 0 saturated heterocycles. The fraction of sp³-hybridized carbons (Fsp3) is 0.714. The molecule has 68 valence electrons. The van der Waals surface area contributed by atoms with E-state index in [9.17, 15) is 4.79 Å². The molecule has 0 bridgehead atoms. The zero-order valence-corrected chi connectivity index (χ0v) is 6.82. The summed E-state index contributed by atoms with van der Waals surface area (Å²) in [5.74, 6) is -1.02. The predicted molar refractivity (Wildman–Crippen MR) is 40.8 cm³/mol. The van der Waals surface area contributed by atoms with Crippen molar-refractivity contribution in [1.82, 2.24) is 0 Å². The molecule has 0 aromatic heterocycles. The van der Waals surface area contributed by atoms with Crippen molar-refractivity contribution in [3.63, 3.8) is 0 Å². The average molecular weight is 173 g/mol. The van der Waals surface area contributed by atoms with Gasteiger partial charge in [-0.1, -0.05) is 5.16 Å². The highest BCUT2D eigenvalue weighted by atomic mass is 16.8. The number of oxime groups is 1. The summed E-state index contributed by atoms with van der Waals surface area (Å²) >= 11 is 0. The number of hydrogen-bond acceptors (Lipinski definition) is 4. The van der Waals surface area contributed by atoms with E-state index in [1.165, 1.54) is 0 Å². The van der Waals surface area contributed by atoms with E-state index in [0.717, 1.165) is 0 Å². The lowest BCUT2D eigenvalue weighted by Crippen LogP contribution is -2.25. The Bertz CT molecular complexity index is 202. The van der Waals surface area contributed by atoms with Crippen molar-refractivity contribution in [2.45, 2.75) is 26.1 Å². The zero-order valence-electron chi connectivity index (χ0n) is 6.82. The number of nitrogens with zero attached hydrogens (tertiary/aromatic N) is 1. The van der Waals surface area contributed by atoms with Crippen LogP contribution in [0.25, 0.3) is 0 Å². The lowest BCUT2D eigenvalue weighted by Gasteiger charge is -2.18. The van der Waals surface area contributed by atoms with Crippen molar-refractivity contribution in [3.8, 4) is 0 Å². The Balaban J connectivity index is 2.42. The van der Waals surface area contributed by atoms with Crippen LogP contribution in [0.15, 0.2) is 5.16 Å². The highest BCUT2D eigenvalue weighted by Gasteiger charge is 2.21. The number of carboxylic acid groups (broad SMARTS) is 1. The molecule has 1 unspecified atom stereocenters. The first-order chi connectivity index (χ1) is 5.74. The van der Waals surface area contributed by atoms with Crippen molar-refractivity contribution in [2.75, 3.05) is 6.61 Å². The van der Waals surface area contributed by atoms with Crippen molar-refractivity contribution < 1.29 is 19.5 Å². The molecule has 0 aliphatic carbocycles. The van der Waals surface area contributed by atoms with Gasteiger partial charge in [0.15, 0.2) is 5.71 Å². The first-order valence-electron chi connectivity index (χ1n) is 3.81. The summed E-state index contributed by atoms with van der Waals surface area (Å²) in [6.07, 6.45) is 0.581. The van der Waals surface area contributed by atoms with Crippen molar-refractivity contribution in [2.24, 2.45) is 5.16 Å². The zero-order chi connectivity index (χ0) is 8.97. The van der Waals surface area contributed by atoms with Gasteiger partial charge in [0.2, 0.25) is 6.29 Å². The van der Waals surface area contributed by atoms with Gasteiger partial charge in [-0.3, -0.25) is 0 Å². The van der Waals surface area contributed by atoms with Gasteiger partial charge < -0.3 is 14.7 Å². The summed E-state index contributed by atoms with van der Waals surface area (Å²) in [6.45, 7) is 2.39. The average Bonchev–Trinajstić information content (AvgIpc) is 2.06. The van der Waals surface area contributed by atoms with Crippen LogP contribution in [0.1, 0.15) is 19.8 Å². The predicted octanol–water partition coefficient (Wildman–Crippen LogP) is 0.600. The molecule has 0 radical (unpaired) electrons. The summed E-state index contributed by atoms with van der Waals surface area (Å²) in [5.41, 5.74) is 0.0611. The number of carboxylic acids is 1. The first-order valence-corrected chi connectivity index (χ1v) is 3.81. The van der Waals surface area contributed by atoms with Crippen LogP contribution in [0.2, 0.25) is 0 Å². The van der Waals surface area contributed by atoms with Crippen LogP contribution < -0.4 is 0 Å². The second kappa shape index (κ2) is 4.06. The maximum absolute atomic E-state index is 10.4. The van der Waals surface area contributed by atoms with Crippen molar-refractivity contribution in [1.29, 1.82) is 0 Å². The van der Waals surface area contributed by atoms with Gasteiger partial charge in [-0.2, -0.15) is 0 Å².